The predicted molar refractivity (Wildman–Crippen MR) is 148 cm³/mol. The first-order chi connectivity index (χ1) is 18.4. The summed E-state index contributed by atoms with van der Waals surface area (Å²) < 4.78 is 1.80. The molecule has 3 heterocycles. The Morgan fingerprint density at radius 3 is 2.47 bits per heavy atom. The highest BCUT2D eigenvalue weighted by atomic mass is 16.2. The van der Waals surface area contributed by atoms with E-state index >= 15 is 0 Å². The topological polar surface area (TPSA) is 68.1 Å². The van der Waals surface area contributed by atoms with Crippen molar-refractivity contribution in [3.8, 4) is 11.3 Å². The van der Waals surface area contributed by atoms with E-state index in [2.05, 4.69) is 34.3 Å². The van der Waals surface area contributed by atoms with Gasteiger partial charge in [-0.05, 0) is 53.9 Å². The van der Waals surface area contributed by atoms with Gasteiger partial charge >= 0.3 is 0 Å². The van der Waals surface area contributed by atoms with Crippen LogP contribution >= 0.6 is 0 Å². The molecule has 3 aromatic carbocycles. The van der Waals surface area contributed by atoms with Crippen LogP contribution in [0.25, 0.3) is 22.2 Å². The van der Waals surface area contributed by atoms with Crippen molar-refractivity contribution in [3.63, 3.8) is 0 Å². The van der Waals surface area contributed by atoms with E-state index in [4.69, 9.17) is 0 Å². The molecule has 1 saturated heterocycles. The fourth-order valence-corrected chi connectivity index (χ4v) is 5.01. The van der Waals surface area contributed by atoms with Gasteiger partial charge in [0.05, 0.1) is 11.2 Å². The molecular formula is C32H28N4O2. The average molecular weight is 501 g/mol. The summed E-state index contributed by atoms with van der Waals surface area (Å²) in [6.07, 6.45) is 2.15. The summed E-state index contributed by atoms with van der Waals surface area (Å²) in [6.45, 7) is 3.34. The number of benzene rings is 3. The zero-order chi connectivity index (χ0) is 26.2. The Labute approximate surface area is 221 Å². The highest BCUT2D eigenvalue weighted by molar-refractivity contribution is 5.99. The largest absolute Gasteiger partial charge is 0.337 e. The molecule has 0 unspecified atom stereocenters. The first kappa shape index (κ1) is 23.8. The van der Waals surface area contributed by atoms with Crippen molar-refractivity contribution in [2.75, 3.05) is 13.1 Å². The number of aromatic nitrogens is 3. The molecule has 6 nitrogen and oxygen atoms in total. The van der Waals surface area contributed by atoms with Crippen molar-refractivity contribution in [1.82, 2.24) is 19.7 Å². The van der Waals surface area contributed by atoms with Crippen LogP contribution in [0.5, 0.6) is 0 Å². The molecule has 6 heteroatoms. The number of hydrogen-bond acceptors (Lipinski definition) is 4. The summed E-state index contributed by atoms with van der Waals surface area (Å²) in [5, 5.41) is 5.46. The van der Waals surface area contributed by atoms with E-state index in [1.54, 1.807) is 10.7 Å². The smallest absolute Gasteiger partial charge is 0.253 e. The molecule has 38 heavy (non-hydrogen) atoms. The molecule has 0 aliphatic carbocycles. The fraction of sp³-hybridized carbons (Fsp3) is 0.188. The van der Waals surface area contributed by atoms with Crippen LogP contribution in [-0.2, 0) is 13.5 Å². The van der Waals surface area contributed by atoms with Gasteiger partial charge in [-0.1, -0.05) is 54.6 Å². The zero-order valence-corrected chi connectivity index (χ0v) is 21.5. The monoisotopic (exact) mass is 500 g/mol. The number of Topliss-reactive ketones (excluding diaryl/α,β-unsaturated/α-hetero) is 1. The second-order valence-corrected chi connectivity index (χ2v) is 10.0. The number of carbonyl (C=O) groups excluding carboxylic acids is 2. The van der Waals surface area contributed by atoms with Crippen molar-refractivity contribution in [2.45, 2.75) is 19.3 Å². The fourth-order valence-electron chi connectivity index (χ4n) is 5.01. The number of fused-ring (bicyclic) bond motifs is 1. The van der Waals surface area contributed by atoms with Crippen LogP contribution in [0.4, 0.5) is 0 Å². The van der Waals surface area contributed by atoms with E-state index in [1.165, 1.54) is 5.56 Å². The SMILES string of the molecule is Cc1ccc(C(=O)N2CC(c3ccc(-c4ccn(C)n4)cc3)C2)cc1CC(=O)c1ccc2ccccc2n1. The summed E-state index contributed by atoms with van der Waals surface area (Å²) in [4.78, 5) is 32.7. The molecule has 0 atom stereocenters. The van der Waals surface area contributed by atoms with Crippen molar-refractivity contribution in [3.05, 3.63) is 119 Å². The second-order valence-electron chi connectivity index (χ2n) is 10.0. The molecule has 0 bridgehead atoms. The number of pyridine rings is 1. The van der Waals surface area contributed by atoms with E-state index in [0.29, 0.717) is 30.3 Å². The molecule has 6 rings (SSSR count). The second kappa shape index (κ2) is 9.71. The number of nitrogens with zero attached hydrogens (tertiary/aromatic N) is 4. The number of para-hydroxylation sites is 1. The number of amides is 1. The minimum atomic E-state index is -0.0541. The lowest BCUT2D eigenvalue weighted by Gasteiger charge is -2.39. The van der Waals surface area contributed by atoms with Gasteiger partial charge in [-0.3, -0.25) is 14.3 Å². The van der Waals surface area contributed by atoms with Gasteiger partial charge in [0.15, 0.2) is 5.78 Å². The van der Waals surface area contributed by atoms with Crippen molar-refractivity contribution < 1.29 is 9.59 Å². The molecule has 1 aliphatic rings. The lowest BCUT2D eigenvalue weighted by Crippen LogP contribution is -2.48. The summed E-state index contributed by atoms with van der Waals surface area (Å²) >= 11 is 0. The Kier molecular flexibility index (Phi) is 6.08. The van der Waals surface area contributed by atoms with Crippen LogP contribution in [0, 0.1) is 6.92 Å². The van der Waals surface area contributed by atoms with Crippen LogP contribution in [0.15, 0.2) is 91.1 Å². The van der Waals surface area contributed by atoms with Crippen LogP contribution in [0.3, 0.4) is 0 Å². The number of aryl methyl sites for hydroxylation is 2. The standard InChI is InChI=1S/C32H28N4O2/c1-21-7-8-25(17-26(21)18-31(37)30-14-13-23-5-3-4-6-28(23)33-30)32(38)36-19-27(20-36)22-9-11-24(12-10-22)29-15-16-35(2)34-29/h3-17,27H,18-20H2,1-2H3. The summed E-state index contributed by atoms with van der Waals surface area (Å²) in [5.41, 5.74) is 6.98. The maximum absolute atomic E-state index is 13.2. The zero-order valence-electron chi connectivity index (χ0n) is 21.5. The van der Waals surface area contributed by atoms with Crippen LogP contribution in [0.2, 0.25) is 0 Å². The number of hydrogen-bond donors (Lipinski definition) is 0. The Bertz CT molecular complexity index is 1660. The maximum Gasteiger partial charge on any atom is 0.253 e. The summed E-state index contributed by atoms with van der Waals surface area (Å²) in [6, 6.07) is 27.6. The lowest BCUT2D eigenvalue weighted by molar-refractivity contribution is 0.0602. The molecule has 0 spiro atoms. The highest BCUT2D eigenvalue weighted by Crippen LogP contribution is 2.30. The number of likely N-dealkylation sites (tertiary alicyclic amines) is 1. The first-order valence-electron chi connectivity index (χ1n) is 12.8. The van der Waals surface area contributed by atoms with Crippen LogP contribution in [-0.4, -0.2) is 44.4 Å². The molecule has 2 aromatic heterocycles. The Morgan fingerprint density at radius 2 is 1.71 bits per heavy atom. The van der Waals surface area contributed by atoms with Gasteiger partial charge in [-0.25, -0.2) is 4.98 Å². The van der Waals surface area contributed by atoms with Crippen molar-refractivity contribution in [1.29, 1.82) is 0 Å². The molecule has 1 amide bonds. The minimum Gasteiger partial charge on any atom is -0.337 e. The van der Waals surface area contributed by atoms with E-state index in [0.717, 1.165) is 33.3 Å². The normalized spacial score (nSPS) is 13.5. The van der Waals surface area contributed by atoms with Crippen LogP contribution in [0.1, 0.15) is 43.5 Å². The number of rotatable bonds is 6. The Hall–Kier alpha value is -4.58. The highest BCUT2D eigenvalue weighted by Gasteiger charge is 2.32. The van der Waals surface area contributed by atoms with Crippen LogP contribution < -0.4 is 0 Å². The number of ketones is 1. The van der Waals surface area contributed by atoms with Gasteiger partial charge in [0.2, 0.25) is 0 Å². The molecule has 5 aromatic rings. The quantitative estimate of drug-likeness (QED) is 0.284. The molecule has 0 saturated carbocycles. The molecule has 0 radical (unpaired) electrons. The molecular weight excluding hydrogens is 472 g/mol. The number of carbonyl (C=O) groups is 2. The molecule has 188 valence electrons. The van der Waals surface area contributed by atoms with Gasteiger partial charge < -0.3 is 4.90 Å². The summed E-state index contributed by atoms with van der Waals surface area (Å²) in [5.74, 6) is 0.271. The van der Waals surface area contributed by atoms with Crippen molar-refractivity contribution >= 4 is 22.6 Å². The Balaban J connectivity index is 1.11. The maximum atomic E-state index is 13.2. The average Bonchev–Trinajstić information content (AvgIpc) is 3.35. The third-order valence-electron chi connectivity index (χ3n) is 7.39. The Morgan fingerprint density at radius 1 is 0.921 bits per heavy atom. The first-order valence-corrected chi connectivity index (χ1v) is 12.8. The van der Waals surface area contributed by atoms with E-state index in [9.17, 15) is 9.59 Å². The third kappa shape index (κ3) is 4.61. The third-order valence-corrected chi connectivity index (χ3v) is 7.39. The molecule has 1 fully saturated rings. The minimum absolute atomic E-state index is 0.00360. The van der Waals surface area contributed by atoms with Gasteiger partial charge in [-0.15, -0.1) is 0 Å². The van der Waals surface area contributed by atoms with E-state index < -0.39 is 0 Å². The van der Waals surface area contributed by atoms with Gasteiger partial charge in [0.1, 0.15) is 5.69 Å². The van der Waals surface area contributed by atoms with Gasteiger partial charge in [0.25, 0.3) is 5.91 Å². The van der Waals surface area contributed by atoms with E-state index in [-0.39, 0.29) is 18.1 Å². The lowest BCUT2D eigenvalue weighted by atomic mass is 9.89. The van der Waals surface area contributed by atoms with Gasteiger partial charge in [0, 0.05) is 55.2 Å². The van der Waals surface area contributed by atoms with E-state index in [1.807, 2.05) is 79.7 Å². The molecule has 1 aliphatic heterocycles. The van der Waals surface area contributed by atoms with Gasteiger partial charge in [-0.2, -0.15) is 5.10 Å². The molecule has 0 N–H and O–H groups in total. The predicted octanol–water partition coefficient (Wildman–Crippen LogP) is 5.61. The van der Waals surface area contributed by atoms with Crippen molar-refractivity contribution in [2.24, 2.45) is 7.05 Å². The summed E-state index contributed by atoms with van der Waals surface area (Å²) in [7, 11) is 1.91.